The van der Waals surface area contributed by atoms with Gasteiger partial charge in [-0.1, -0.05) is 17.4 Å². The Morgan fingerprint density at radius 2 is 2.12 bits per heavy atom. The van der Waals surface area contributed by atoms with Gasteiger partial charge in [0.15, 0.2) is 0 Å². The van der Waals surface area contributed by atoms with E-state index in [0.717, 1.165) is 30.0 Å². The fraction of sp³-hybridized carbons (Fsp3) is 0.364. The smallest absolute Gasteiger partial charge is 0.203 e. The van der Waals surface area contributed by atoms with Crippen molar-refractivity contribution in [1.29, 1.82) is 0 Å². The van der Waals surface area contributed by atoms with Crippen LogP contribution in [-0.4, -0.2) is 15.2 Å². The number of hydrogen-bond donors (Lipinski definition) is 1. The first-order valence-corrected chi connectivity index (χ1v) is 6.05. The molecule has 4 nitrogen and oxygen atoms in total. The molecule has 2 rings (SSSR count). The number of aromatic nitrogens is 3. The molecule has 2 heterocycles. The fourth-order valence-electron chi connectivity index (χ4n) is 1.43. The SMILES string of the molecule is Cc1ccc(CCCc2nnc(N)s2)nc1. The predicted molar refractivity (Wildman–Crippen MR) is 65.3 cm³/mol. The monoisotopic (exact) mass is 234 g/mol. The van der Waals surface area contributed by atoms with Crippen LogP contribution >= 0.6 is 11.3 Å². The number of hydrogen-bond acceptors (Lipinski definition) is 5. The highest BCUT2D eigenvalue weighted by Crippen LogP contribution is 2.13. The summed E-state index contributed by atoms with van der Waals surface area (Å²) in [4.78, 5) is 4.36. The molecule has 0 unspecified atom stereocenters. The average Bonchev–Trinajstić information content (AvgIpc) is 2.67. The Hall–Kier alpha value is -1.49. The van der Waals surface area contributed by atoms with E-state index in [1.165, 1.54) is 16.9 Å². The number of nitrogen functional groups attached to an aromatic ring is 1. The summed E-state index contributed by atoms with van der Waals surface area (Å²) in [5.41, 5.74) is 7.83. The average molecular weight is 234 g/mol. The number of nitrogens with two attached hydrogens (primary N) is 1. The van der Waals surface area contributed by atoms with Crippen LogP contribution in [0, 0.1) is 6.92 Å². The molecule has 0 aliphatic heterocycles. The molecule has 0 aromatic carbocycles. The molecule has 0 fully saturated rings. The van der Waals surface area contributed by atoms with Gasteiger partial charge in [0.05, 0.1) is 0 Å². The molecule has 0 amide bonds. The Morgan fingerprint density at radius 1 is 1.25 bits per heavy atom. The van der Waals surface area contributed by atoms with Crippen molar-refractivity contribution in [2.45, 2.75) is 26.2 Å². The summed E-state index contributed by atoms with van der Waals surface area (Å²) < 4.78 is 0. The highest BCUT2D eigenvalue weighted by Gasteiger charge is 2.01. The van der Waals surface area contributed by atoms with Gasteiger partial charge >= 0.3 is 0 Å². The largest absolute Gasteiger partial charge is 0.374 e. The molecular formula is C11H14N4S. The summed E-state index contributed by atoms with van der Waals surface area (Å²) >= 11 is 1.46. The van der Waals surface area contributed by atoms with Gasteiger partial charge in [-0.05, 0) is 31.4 Å². The van der Waals surface area contributed by atoms with Crippen molar-refractivity contribution < 1.29 is 0 Å². The second-order valence-electron chi connectivity index (χ2n) is 3.71. The van der Waals surface area contributed by atoms with E-state index in [1.54, 1.807) is 0 Å². The van der Waals surface area contributed by atoms with Crippen LogP contribution in [-0.2, 0) is 12.8 Å². The predicted octanol–water partition coefficient (Wildman–Crippen LogP) is 2.00. The number of aryl methyl sites for hydroxylation is 3. The Kier molecular flexibility index (Phi) is 3.46. The number of anilines is 1. The van der Waals surface area contributed by atoms with Crippen molar-refractivity contribution in [2.24, 2.45) is 0 Å². The minimum Gasteiger partial charge on any atom is -0.374 e. The van der Waals surface area contributed by atoms with Crippen LogP contribution in [0.25, 0.3) is 0 Å². The normalized spacial score (nSPS) is 10.6. The van der Waals surface area contributed by atoms with Gasteiger partial charge in [0.25, 0.3) is 0 Å². The van der Waals surface area contributed by atoms with Gasteiger partial charge in [-0.15, -0.1) is 10.2 Å². The fourth-order valence-corrected chi connectivity index (χ4v) is 2.09. The first kappa shape index (κ1) is 11.0. The molecule has 0 aliphatic carbocycles. The van der Waals surface area contributed by atoms with Gasteiger partial charge in [-0.3, -0.25) is 4.98 Å². The van der Waals surface area contributed by atoms with Crippen LogP contribution in [0.2, 0.25) is 0 Å². The van der Waals surface area contributed by atoms with Crippen molar-refractivity contribution in [1.82, 2.24) is 15.2 Å². The van der Waals surface area contributed by atoms with Crippen LogP contribution in [0.3, 0.4) is 0 Å². The third-order valence-electron chi connectivity index (χ3n) is 2.28. The quantitative estimate of drug-likeness (QED) is 0.878. The Bertz CT molecular complexity index is 449. The Balaban J connectivity index is 1.82. The second-order valence-corrected chi connectivity index (χ2v) is 4.81. The standard InChI is InChI=1S/C11H14N4S/c1-8-5-6-9(13-7-8)3-2-4-10-14-15-11(12)16-10/h5-7H,2-4H2,1H3,(H2,12,15). The molecule has 84 valence electrons. The zero-order valence-electron chi connectivity index (χ0n) is 9.18. The summed E-state index contributed by atoms with van der Waals surface area (Å²) in [5.74, 6) is 0. The van der Waals surface area contributed by atoms with Crippen molar-refractivity contribution >= 4 is 16.5 Å². The summed E-state index contributed by atoms with van der Waals surface area (Å²) in [6.07, 6.45) is 4.83. The Labute approximate surface area is 98.6 Å². The topological polar surface area (TPSA) is 64.7 Å². The number of nitrogens with zero attached hydrogens (tertiary/aromatic N) is 3. The lowest BCUT2D eigenvalue weighted by atomic mass is 10.1. The Morgan fingerprint density at radius 3 is 2.75 bits per heavy atom. The highest BCUT2D eigenvalue weighted by atomic mass is 32.1. The first-order valence-electron chi connectivity index (χ1n) is 5.23. The maximum absolute atomic E-state index is 5.51. The van der Waals surface area contributed by atoms with Crippen LogP contribution in [0.15, 0.2) is 18.3 Å². The van der Waals surface area contributed by atoms with Gasteiger partial charge < -0.3 is 5.73 Å². The van der Waals surface area contributed by atoms with Gasteiger partial charge in [0, 0.05) is 18.3 Å². The van der Waals surface area contributed by atoms with Crippen LogP contribution in [0.5, 0.6) is 0 Å². The maximum Gasteiger partial charge on any atom is 0.203 e. The molecule has 0 saturated carbocycles. The van der Waals surface area contributed by atoms with E-state index in [4.69, 9.17) is 5.73 Å². The molecular weight excluding hydrogens is 220 g/mol. The van der Waals surface area contributed by atoms with Crippen molar-refractivity contribution in [3.05, 3.63) is 34.6 Å². The third kappa shape index (κ3) is 3.00. The van der Waals surface area contributed by atoms with E-state index in [9.17, 15) is 0 Å². The van der Waals surface area contributed by atoms with E-state index >= 15 is 0 Å². The number of rotatable bonds is 4. The van der Waals surface area contributed by atoms with E-state index < -0.39 is 0 Å². The molecule has 0 spiro atoms. The van der Waals surface area contributed by atoms with Crippen LogP contribution in [0.4, 0.5) is 5.13 Å². The van der Waals surface area contributed by atoms with E-state index in [1.807, 2.05) is 13.1 Å². The summed E-state index contributed by atoms with van der Waals surface area (Å²) in [6.45, 7) is 2.04. The van der Waals surface area contributed by atoms with Crippen molar-refractivity contribution in [3.63, 3.8) is 0 Å². The minimum atomic E-state index is 0.545. The summed E-state index contributed by atoms with van der Waals surface area (Å²) in [5, 5.41) is 9.32. The van der Waals surface area contributed by atoms with Gasteiger partial charge in [0.1, 0.15) is 5.01 Å². The molecule has 2 aromatic heterocycles. The lowest BCUT2D eigenvalue weighted by Gasteiger charge is -1.99. The van der Waals surface area contributed by atoms with Crippen LogP contribution < -0.4 is 5.73 Å². The summed E-state index contributed by atoms with van der Waals surface area (Å²) in [6, 6.07) is 4.16. The number of pyridine rings is 1. The second kappa shape index (κ2) is 5.03. The molecule has 5 heteroatoms. The molecule has 0 atom stereocenters. The lowest BCUT2D eigenvalue weighted by molar-refractivity contribution is 0.783. The molecule has 0 radical (unpaired) electrons. The van der Waals surface area contributed by atoms with Crippen molar-refractivity contribution in [2.75, 3.05) is 5.73 Å². The minimum absolute atomic E-state index is 0.545. The third-order valence-corrected chi connectivity index (χ3v) is 3.09. The van der Waals surface area contributed by atoms with E-state index in [0.29, 0.717) is 5.13 Å². The molecule has 16 heavy (non-hydrogen) atoms. The molecule has 0 aliphatic rings. The molecule has 2 N–H and O–H groups in total. The molecule has 0 bridgehead atoms. The van der Waals surface area contributed by atoms with E-state index in [2.05, 4.69) is 27.3 Å². The highest BCUT2D eigenvalue weighted by molar-refractivity contribution is 7.15. The van der Waals surface area contributed by atoms with Crippen LogP contribution in [0.1, 0.15) is 22.7 Å². The lowest BCUT2D eigenvalue weighted by Crippen LogP contribution is -1.93. The van der Waals surface area contributed by atoms with Gasteiger partial charge in [-0.25, -0.2) is 0 Å². The summed E-state index contributed by atoms with van der Waals surface area (Å²) in [7, 11) is 0. The first-order chi connectivity index (χ1) is 7.74. The molecule has 2 aromatic rings. The zero-order valence-corrected chi connectivity index (χ0v) is 10.00. The molecule has 0 saturated heterocycles. The van der Waals surface area contributed by atoms with Gasteiger partial charge in [0.2, 0.25) is 5.13 Å². The van der Waals surface area contributed by atoms with Crippen molar-refractivity contribution in [3.8, 4) is 0 Å². The van der Waals surface area contributed by atoms with E-state index in [-0.39, 0.29) is 0 Å². The van der Waals surface area contributed by atoms with Gasteiger partial charge in [-0.2, -0.15) is 0 Å². The maximum atomic E-state index is 5.51. The zero-order chi connectivity index (χ0) is 11.4.